The first-order valence-corrected chi connectivity index (χ1v) is 9.55. The molecule has 29 heavy (non-hydrogen) atoms. The van der Waals surface area contributed by atoms with E-state index < -0.39 is 0 Å². The standard InChI is InChI=1S/C23H23ClFNO3/c1-27-21-10-6-4-7-16(21)13-26-14-18-11-22(28-2)23(12-19(18)24)29-15-17-8-3-5-9-20(17)25/h3-12,26H,13-15H2,1-2H3. The van der Waals surface area contributed by atoms with E-state index in [0.717, 1.165) is 16.9 Å². The van der Waals surface area contributed by atoms with Crippen molar-refractivity contribution in [3.8, 4) is 17.2 Å². The van der Waals surface area contributed by atoms with E-state index in [4.69, 9.17) is 25.8 Å². The normalized spacial score (nSPS) is 10.6. The lowest BCUT2D eigenvalue weighted by molar-refractivity contribution is 0.279. The summed E-state index contributed by atoms with van der Waals surface area (Å²) in [6, 6.07) is 17.9. The SMILES string of the molecule is COc1ccccc1CNCc1cc(OC)c(OCc2ccccc2F)cc1Cl. The highest BCUT2D eigenvalue weighted by Gasteiger charge is 2.12. The van der Waals surface area contributed by atoms with E-state index in [0.29, 0.717) is 35.2 Å². The van der Waals surface area contributed by atoms with Gasteiger partial charge in [-0.15, -0.1) is 0 Å². The van der Waals surface area contributed by atoms with Crippen LogP contribution in [0, 0.1) is 5.82 Å². The van der Waals surface area contributed by atoms with Crippen molar-refractivity contribution in [1.29, 1.82) is 0 Å². The first kappa shape index (κ1) is 21.0. The molecule has 152 valence electrons. The summed E-state index contributed by atoms with van der Waals surface area (Å²) < 4.78 is 30.3. The van der Waals surface area contributed by atoms with Gasteiger partial charge in [0.05, 0.1) is 14.2 Å². The molecule has 0 saturated carbocycles. The zero-order chi connectivity index (χ0) is 20.6. The van der Waals surface area contributed by atoms with Gasteiger partial charge in [0.25, 0.3) is 0 Å². The molecule has 3 aromatic carbocycles. The van der Waals surface area contributed by atoms with Crippen molar-refractivity contribution in [2.45, 2.75) is 19.7 Å². The van der Waals surface area contributed by atoms with Gasteiger partial charge in [-0.3, -0.25) is 0 Å². The number of methoxy groups -OCH3 is 2. The summed E-state index contributed by atoms with van der Waals surface area (Å²) in [5.74, 6) is 1.53. The highest BCUT2D eigenvalue weighted by molar-refractivity contribution is 6.31. The fourth-order valence-electron chi connectivity index (χ4n) is 2.94. The third kappa shape index (κ3) is 5.40. The highest BCUT2D eigenvalue weighted by Crippen LogP contribution is 2.34. The van der Waals surface area contributed by atoms with Crippen LogP contribution in [0.3, 0.4) is 0 Å². The van der Waals surface area contributed by atoms with Crippen molar-refractivity contribution in [2.24, 2.45) is 0 Å². The van der Waals surface area contributed by atoms with Crippen LogP contribution in [0.25, 0.3) is 0 Å². The molecule has 3 aromatic rings. The number of ether oxygens (including phenoxy) is 3. The summed E-state index contributed by atoms with van der Waals surface area (Å²) in [4.78, 5) is 0. The van der Waals surface area contributed by atoms with Gasteiger partial charge in [0.2, 0.25) is 0 Å². The second-order valence-electron chi connectivity index (χ2n) is 6.39. The zero-order valence-electron chi connectivity index (χ0n) is 16.4. The van der Waals surface area contributed by atoms with Gasteiger partial charge in [0.1, 0.15) is 18.2 Å². The number of rotatable bonds is 9. The Morgan fingerprint density at radius 3 is 2.17 bits per heavy atom. The maximum Gasteiger partial charge on any atom is 0.163 e. The third-order valence-corrected chi connectivity index (χ3v) is 4.85. The molecule has 0 aliphatic carbocycles. The molecule has 0 aliphatic heterocycles. The average molecular weight is 416 g/mol. The van der Waals surface area contributed by atoms with Gasteiger partial charge in [-0.25, -0.2) is 4.39 Å². The molecule has 0 aliphatic rings. The van der Waals surface area contributed by atoms with E-state index in [1.165, 1.54) is 6.07 Å². The summed E-state index contributed by atoms with van der Waals surface area (Å²) in [6.45, 7) is 1.26. The lowest BCUT2D eigenvalue weighted by Gasteiger charge is -2.15. The first-order valence-electron chi connectivity index (χ1n) is 9.17. The molecule has 1 N–H and O–H groups in total. The van der Waals surface area contributed by atoms with Gasteiger partial charge in [-0.2, -0.15) is 0 Å². The minimum atomic E-state index is -0.310. The Kier molecular flexibility index (Phi) is 7.33. The van der Waals surface area contributed by atoms with Gasteiger partial charge >= 0.3 is 0 Å². The predicted molar refractivity (Wildman–Crippen MR) is 112 cm³/mol. The Labute approximate surface area is 175 Å². The number of benzene rings is 3. The van der Waals surface area contributed by atoms with E-state index in [2.05, 4.69) is 5.32 Å². The van der Waals surface area contributed by atoms with Crippen LogP contribution in [-0.2, 0) is 19.7 Å². The van der Waals surface area contributed by atoms with E-state index in [1.807, 2.05) is 30.3 Å². The summed E-state index contributed by atoms with van der Waals surface area (Å²) in [7, 11) is 3.21. The number of para-hydroxylation sites is 1. The first-order chi connectivity index (χ1) is 14.1. The van der Waals surface area contributed by atoms with Crippen molar-refractivity contribution in [3.05, 3.63) is 88.2 Å². The fourth-order valence-corrected chi connectivity index (χ4v) is 3.16. The largest absolute Gasteiger partial charge is 0.496 e. The number of nitrogens with one attached hydrogen (secondary N) is 1. The van der Waals surface area contributed by atoms with Crippen LogP contribution < -0.4 is 19.5 Å². The molecule has 6 heteroatoms. The molecular formula is C23H23ClFNO3. The summed E-state index contributed by atoms with van der Waals surface area (Å²) >= 11 is 6.44. The highest BCUT2D eigenvalue weighted by atomic mass is 35.5. The molecule has 0 fully saturated rings. The van der Waals surface area contributed by atoms with Crippen LogP contribution in [0.1, 0.15) is 16.7 Å². The topological polar surface area (TPSA) is 39.7 Å². The molecule has 0 spiro atoms. The molecule has 0 unspecified atom stereocenters. The fraction of sp³-hybridized carbons (Fsp3) is 0.217. The molecular weight excluding hydrogens is 393 g/mol. The maximum atomic E-state index is 13.8. The Morgan fingerprint density at radius 1 is 0.793 bits per heavy atom. The smallest absolute Gasteiger partial charge is 0.163 e. The Balaban J connectivity index is 1.67. The van der Waals surface area contributed by atoms with E-state index in [9.17, 15) is 4.39 Å². The Morgan fingerprint density at radius 2 is 1.45 bits per heavy atom. The average Bonchev–Trinajstić information content (AvgIpc) is 2.74. The van der Waals surface area contributed by atoms with Gasteiger partial charge in [0, 0.05) is 35.3 Å². The molecule has 0 atom stereocenters. The van der Waals surface area contributed by atoms with Crippen LogP contribution in [0.5, 0.6) is 17.2 Å². The summed E-state index contributed by atoms with van der Waals surface area (Å²) in [6.07, 6.45) is 0. The molecule has 0 heterocycles. The minimum absolute atomic E-state index is 0.0881. The summed E-state index contributed by atoms with van der Waals surface area (Å²) in [5, 5.41) is 3.90. The zero-order valence-corrected chi connectivity index (χ0v) is 17.1. The van der Waals surface area contributed by atoms with Crippen LogP contribution in [0.4, 0.5) is 4.39 Å². The van der Waals surface area contributed by atoms with Gasteiger partial charge < -0.3 is 19.5 Å². The van der Waals surface area contributed by atoms with Gasteiger partial charge in [-0.05, 0) is 23.8 Å². The van der Waals surface area contributed by atoms with Crippen LogP contribution in [-0.4, -0.2) is 14.2 Å². The van der Waals surface area contributed by atoms with Crippen molar-refractivity contribution in [2.75, 3.05) is 14.2 Å². The van der Waals surface area contributed by atoms with Crippen molar-refractivity contribution >= 4 is 11.6 Å². The summed E-state index contributed by atoms with van der Waals surface area (Å²) in [5.41, 5.74) is 2.40. The van der Waals surface area contributed by atoms with Crippen molar-refractivity contribution in [1.82, 2.24) is 5.32 Å². The Bertz CT molecular complexity index is 965. The van der Waals surface area contributed by atoms with Crippen LogP contribution in [0.2, 0.25) is 5.02 Å². The molecule has 0 aromatic heterocycles. The van der Waals surface area contributed by atoms with Crippen LogP contribution in [0.15, 0.2) is 60.7 Å². The molecule has 0 radical (unpaired) electrons. The van der Waals surface area contributed by atoms with E-state index in [1.54, 1.807) is 38.5 Å². The monoisotopic (exact) mass is 415 g/mol. The lowest BCUT2D eigenvalue weighted by atomic mass is 10.1. The van der Waals surface area contributed by atoms with Crippen LogP contribution >= 0.6 is 11.6 Å². The second-order valence-corrected chi connectivity index (χ2v) is 6.80. The van der Waals surface area contributed by atoms with Gasteiger partial charge in [0.15, 0.2) is 11.5 Å². The third-order valence-electron chi connectivity index (χ3n) is 4.50. The number of halogens is 2. The molecule has 0 bridgehead atoms. The van der Waals surface area contributed by atoms with E-state index in [-0.39, 0.29) is 12.4 Å². The molecule has 0 saturated heterocycles. The van der Waals surface area contributed by atoms with E-state index >= 15 is 0 Å². The van der Waals surface area contributed by atoms with Crippen molar-refractivity contribution < 1.29 is 18.6 Å². The Hall–Kier alpha value is -2.76. The number of hydrogen-bond donors (Lipinski definition) is 1. The minimum Gasteiger partial charge on any atom is -0.496 e. The van der Waals surface area contributed by atoms with Crippen molar-refractivity contribution in [3.63, 3.8) is 0 Å². The molecule has 3 rings (SSSR count). The lowest BCUT2D eigenvalue weighted by Crippen LogP contribution is -2.14. The molecule has 0 amide bonds. The number of hydrogen-bond acceptors (Lipinski definition) is 4. The second kappa shape index (κ2) is 10.1. The quantitative estimate of drug-likeness (QED) is 0.510. The predicted octanol–water partition coefficient (Wildman–Crippen LogP) is 5.37. The molecule has 4 nitrogen and oxygen atoms in total. The maximum absolute atomic E-state index is 13.8. The van der Waals surface area contributed by atoms with Gasteiger partial charge in [-0.1, -0.05) is 48.0 Å².